The van der Waals surface area contributed by atoms with Crippen molar-refractivity contribution >= 4 is 11.6 Å². The van der Waals surface area contributed by atoms with Crippen LogP contribution < -0.4 is 0 Å². The van der Waals surface area contributed by atoms with Crippen LogP contribution in [-0.2, 0) is 0 Å². The lowest BCUT2D eigenvalue weighted by Gasteiger charge is -1.99. The summed E-state index contributed by atoms with van der Waals surface area (Å²) < 4.78 is 13.2. The minimum Gasteiger partial charge on any atom is -0.223 e. The van der Waals surface area contributed by atoms with Gasteiger partial charge in [0, 0.05) is 5.56 Å². The number of hydrogen-bond donors (Lipinski definition) is 0. The van der Waals surface area contributed by atoms with E-state index in [2.05, 4.69) is 15.2 Å². The maximum atomic E-state index is 13.2. The predicted octanol–water partition coefficient (Wildman–Crippen LogP) is 2.33. The van der Waals surface area contributed by atoms with Gasteiger partial charge in [-0.1, -0.05) is 12.1 Å². The Bertz CT molecular complexity index is 444. The molecule has 0 N–H and O–H groups in total. The van der Waals surface area contributed by atoms with Crippen LogP contribution in [0.2, 0.25) is 5.28 Å². The Morgan fingerprint density at radius 3 is 2.57 bits per heavy atom. The summed E-state index contributed by atoms with van der Waals surface area (Å²) in [7, 11) is 0. The lowest BCUT2D eigenvalue weighted by molar-refractivity contribution is 0.630. The van der Waals surface area contributed by atoms with Crippen molar-refractivity contribution in [3.8, 4) is 11.3 Å². The van der Waals surface area contributed by atoms with Gasteiger partial charge in [-0.3, -0.25) is 0 Å². The molecular weight excluding hydrogens is 205 g/mol. The molecule has 0 atom stereocenters. The third-order valence-corrected chi connectivity index (χ3v) is 1.86. The summed E-state index contributed by atoms with van der Waals surface area (Å²) in [6.07, 6.45) is 1.38. The van der Waals surface area contributed by atoms with Crippen molar-refractivity contribution in [3.05, 3.63) is 41.6 Å². The maximum Gasteiger partial charge on any atom is 0.242 e. The number of benzene rings is 1. The Labute approximate surface area is 84.6 Å². The summed E-state index contributed by atoms with van der Waals surface area (Å²) in [4.78, 5) is 3.72. The topological polar surface area (TPSA) is 38.7 Å². The fourth-order valence-corrected chi connectivity index (χ4v) is 1.14. The summed E-state index contributed by atoms with van der Waals surface area (Å²) in [5.74, 6) is -0.356. The molecule has 0 radical (unpaired) electrons. The van der Waals surface area contributed by atoms with E-state index < -0.39 is 0 Å². The number of nitrogens with zero attached hydrogens (tertiary/aromatic N) is 3. The molecule has 0 aliphatic heterocycles. The first-order valence-electron chi connectivity index (χ1n) is 3.87. The summed E-state index contributed by atoms with van der Waals surface area (Å²) >= 11 is 5.46. The molecule has 3 nitrogen and oxygen atoms in total. The number of aromatic nitrogens is 3. The second kappa shape index (κ2) is 3.67. The first-order valence-corrected chi connectivity index (χ1v) is 4.25. The van der Waals surface area contributed by atoms with Crippen LogP contribution >= 0.6 is 11.6 Å². The molecule has 0 fully saturated rings. The van der Waals surface area contributed by atoms with E-state index in [0.29, 0.717) is 11.3 Å². The highest BCUT2D eigenvalue weighted by Gasteiger charge is 2.05. The SMILES string of the molecule is Fc1ccccc1-c1cnc(Cl)nn1. The van der Waals surface area contributed by atoms with Gasteiger partial charge in [-0.2, -0.15) is 0 Å². The van der Waals surface area contributed by atoms with Gasteiger partial charge in [-0.25, -0.2) is 9.37 Å². The second-order valence-electron chi connectivity index (χ2n) is 2.59. The Morgan fingerprint density at radius 2 is 1.93 bits per heavy atom. The molecule has 70 valence electrons. The van der Waals surface area contributed by atoms with Crippen molar-refractivity contribution in [3.63, 3.8) is 0 Å². The van der Waals surface area contributed by atoms with Crippen LogP contribution in [-0.4, -0.2) is 15.2 Å². The molecule has 0 amide bonds. The molecular formula is C9H5ClFN3. The molecule has 1 heterocycles. The fraction of sp³-hybridized carbons (Fsp3) is 0. The molecule has 5 heteroatoms. The van der Waals surface area contributed by atoms with Crippen LogP contribution in [0.1, 0.15) is 0 Å². The number of rotatable bonds is 1. The lowest BCUT2D eigenvalue weighted by atomic mass is 10.1. The zero-order valence-corrected chi connectivity index (χ0v) is 7.74. The van der Waals surface area contributed by atoms with Gasteiger partial charge in [0.2, 0.25) is 5.28 Å². The Morgan fingerprint density at radius 1 is 1.14 bits per heavy atom. The highest BCUT2D eigenvalue weighted by Crippen LogP contribution is 2.18. The van der Waals surface area contributed by atoms with Crippen LogP contribution in [0.5, 0.6) is 0 Å². The zero-order chi connectivity index (χ0) is 9.97. The normalized spacial score (nSPS) is 10.1. The third kappa shape index (κ3) is 1.70. The van der Waals surface area contributed by atoms with Gasteiger partial charge in [0.1, 0.15) is 11.5 Å². The Hall–Kier alpha value is -1.55. The Balaban J connectivity index is 2.50. The standard InChI is InChI=1S/C9H5ClFN3/c10-9-12-5-8(13-14-9)6-3-1-2-4-7(6)11/h1-5H. The highest BCUT2D eigenvalue weighted by molar-refractivity contribution is 6.28. The fourth-order valence-electron chi connectivity index (χ4n) is 1.05. The molecule has 0 aliphatic carbocycles. The average Bonchev–Trinajstić information content (AvgIpc) is 2.20. The zero-order valence-electron chi connectivity index (χ0n) is 6.98. The van der Waals surface area contributed by atoms with Crippen molar-refractivity contribution in [2.24, 2.45) is 0 Å². The van der Waals surface area contributed by atoms with Gasteiger partial charge in [0.05, 0.1) is 6.20 Å². The van der Waals surface area contributed by atoms with E-state index in [-0.39, 0.29) is 11.1 Å². The van der Waals surface area contributed by atoms with E-state index in [4.69, 9.17) is 11.6 Å². The smallest absolute Gasteiger partial charge is 0.223 e. The molecule has 0 aliphatic rings. The number of hydrogen-bond acceptors (Lipinski definition) is 3. The van der Waals surface area contributed by atoms with Crippen LogP contribution in [0.3, 0.4) is 0 Å². The van der Waals surface area contributed by atoms with Gasteiger partial charge in [-0.05, 0) is 23.7 Å². The third-order valence-electron chi connectivity index (χ3n) is 1.68. The van der Waals surface area contributed by atoms with Gasteiger partial charge in [-0.15, -0.1) is 10.2 Å². The van der Waals surface area contributed by atoms with E-state index in [1.807, 2.05) is 0 Å². The van der Waals surface area contributed by atoms with Gasteiger partial charge < -0.3 is 0 Å². The largest absolute Gasteiger partial charge is 0.242 e. The molecule has 0 unspecified atom stereocenters. The van der Waals surface area contributed by atoms with Crippen LogP contribution in [0.25, 0.3) is 11.3 Å². The average molecular weight is 210 g/mol. The quantitative estimate of drug-likeness (QED) is 0.724. The van der Waals surface area contributed by atoms with E-state index in [1.165, 1.54) is 12.3 Å². The van der Waals surface area contributed by atoms with E-state index in [9.17, 15) is 4.39 Å². The van der Waals surface area contributed by atoms with Crippen molar-refractivity contribution in [1.82, 2.24) is 15.2 Å². The predicted molar refractivity (Wildman–Crippen MR) is 50.2 cm³/mol. The van der Waals surface area contributed by atoms with Gasteiger partial charge >= 0.3 is 0 Å². The van der Waals surface area contributed by atoms with E-state index >= 15 is 0 Å². The summed E-state index contributed by atoms with van der Waals surface area (Å²) in [6.45, 7) is 0. The van der Waals surface area contributed by atoms with Crippen molar-refractivity contribution in [2.45, 2.75) is 0 Å². The molecule has 14 heavy (non-hydrogen) atoms. The van der Waals surface area contributed by atoms with Crippen LogP contribution in [0.4, 0.5) is 4.39 Å². The first-order chi connectivity index (χ1) is 6.77. The highest BCUT2D eigenvalue weighted by atomic mass is 35.5. The van der Waals surface area contributed by atoms with Crippen molar-refractivity contribution in [1.29, 1.82) is 0 Å². The first kappa shape index (κ1) is 9.02. The lowest BCUT2D eigenvalue weighted by Crippen LogP contribution is -1.92. The molecule has 0 saturated heterocycles. The molecule has 1 aromatic carbocycles. The minimum atomic E-state index is -0.356. The molecule has 2 rings (SSSR count). The summed E-state index contributed by atoms with van der Waals surface area (Å²) in [5, 5.41) is 7.31. The second-order valence-corrected chi connectivity index (χ2v) is 2.93. The minimum absolute atomic E-state index is 0.0464. The molecule has 0 saturated carbocycles. The van der Waals surface area contributed by atoms with Gasteiger partial charge in [0.15, 0.2) is 0 Å². The van der Waals surface area contributed by atoms with E-state index in [0.717, 1.165) is 0 Å². The maximum absolute atomic E-state index is 13.2. The van der Waals surface area contributed by atoms with Crippen molar-refractivity contribution < 1.29 is 4.39 Å². The molecule has 1 aromatic heterocycles. The molecule has 0 spiro atoms. The van der Waals surface area contributed by atoms with E-state index in [1.54, 1.807) is 18.2 Å². The molecule has 2 aromatic rings. The summed E-state index contributed by atoms with van der Waals surface area (Å²) in [6, 6.07) is 6.28. The van der Waals surface area contributed by atoms with Crippen LogP contribution in [0.15, 0.2) is 30.5 Å². The Kier molecular flexibility index (Phi) is 2.37. The van der Waals surface area contributed by atoms with Crippen LogP contribution in [0, 0.1) is 5.82 Å². The monoisotopic (exact) mass is 209 g/mol. The molecule has 0 bridgehead atoms. The van der Waals surface area contributed by atoms with Gasteiger partial charge in [0.25, 0.3) is 0 Å². The summed E-state index contributed by atoms with van der Waals surface area (Å²) in [5.41, 5.74) is 0.733. The number of halogens is 2. The van der Waals surface area contributed by atoms with Crippen molar-refractivity contribution in [2.75, 3.05) is 0 Å².